The molecule has 2 aromatic rings. The van der Waals surface area contributed by atoms with E-state index in [0.29, 0.717) is 11.9 Å². The number of carboxylic acid groups (broad SMARTS) is 2. The van der Waals surface area contributed by atoms with Crippen LogP contribution in [0.3, 0.4) is 0 Å². The fraction of sp³-hybridized carbons (Fsp3) is 0.375. The van der Waals surface area contributed by atoms with Gasteiger partial charge in [-0.3, -0.25) is 14.3 Å². The number of piperidine rings is 1. The molecule has 2 aromatic heterocycles. The first-order valence-electron chi connectivity index (χ1n) is 7.86. The van der Waals surface area contributed by atoms with Crippen LogP contribution in [-0.2, 0) is 9.59 Å². The number of rotatable bonds is 4. The van der Waals surface area contributed by atoms with Gasteiger partial charge in [0.05, 0.1) is 12.2 Å². The summed E-state index contributed by atoms with van der Waals surface area (Å²) in [4.78, 5) is 23.0. The third kappa shape index (κ3) is 5.88. The number of nitrogen functional groups attached to an aromatic ring is 1. The summed E-state index contributed by atoms with van der Waals surface area (Å²) >= 11 is 0. The summed E-state index contributed by atoms with van der Waals surface area (Å²) in [6.07, 6.45) is 7.26. The minimum Gasteiger partial charge on any atom is -0.481 e. The monoisotopic (exact) mass is 347 g/mol. The molecule has 25 heavy (non-hydrogen) atoms. The SMILES string of the molecule is Nc1ccc(-c2cnn(C3CCNCC3)c2)cn1.O=C(O)CC(=O)O. The van der Waals surface area contributed by atoms with Crippen molar-refractivity contribution in [2.24, 2.45) is 0 Å². The molecule has 0 atom stereocenters. The van der Waals surface area contributed by atoms with E-state index in [4.69, 9.17) is 15.9 Å². The Kier molecular flexibility index (Phi) is 6.47. The predicted molar refractivity (Wildman–Crippen MR) is 90.9 cm³/mol. The lowest BCUT2D eigenvalue weighted by Crippen LogP contribution is -2.29. The van der Waals surface area contributed by atoms with Gasteiger partial charge in [0, 0.05) is 23.5 Å². The third-order valence-electron chi connectivity index (χ3n) is 3.71. The quantitative estimate of drug-likeness (QED) is 0.600. The molecule has 5 N–H and O–H groups in total. The van der Waals surface area contributed by atoms with Crippen molar-refractivity contribution in [2.75, 3.05) is 18.8 Å². The standard InChI is InChI=1S/C13H17N5.C3H4O4/c14-13-2-1-10(7-16-13)11-8-17-18(9-11)12-3-5-15-6-4-12;4-2(5)1-3(6)7/h1-2,7-9,12,15H,3-6H2,(H2,14,16);1H2,(H,4,5)(H,6,7). The molecule has 134 valence electrons. The van der Waals surface area contributed by atoms with Crippen LogP contribution in [0, 0.1) is 0 Å². The van der Waals surface area contributed by atoms with Crippen molar-refractivity contribution in [1.29, 1.82) is 0 Å². The molecule has 0 spiro atoms. The van der Waals surface area contributed by atoms with Crippen LogP contribution in [0.4, 0.5) is 5.82 Å². The van der Waals surface area contributed by atoms with Crippen LogP contribution in [0.2, 0.25) is 0 Å². The molecule has 0 bridgehead atoms. The molecular weight excluding hydrogens is 326 g/mol. The van der Waals surface area contributed by atoms with Gasteiger partial charge in [-0.25, -0.2) is 4.98 Å². The van der Waals surface area contributed by atoms with E-state index >= 15 is 0 Å². The Labute approximate surface area is 144 Å². The molecule has 0 radical (unpaired) electrons. The number of aromatic nitrogens is 3. The summed E-state index contributed by atoms with van der Waals surface area (Å²) in [5, 5.41) is 23.2. The maximum absolute atomic E-state index is 9.43. The molecule has 1 fully saturated rings. The third-order valence-corrected chi connectivity index (χ3v) is 3.71. The molecule has 0 amide bonds. The summed E-state index contributed by atoms with van der Waals surface area (Å²) < 4.78 is 2.08. The second kappa shape index (κ2) is 8.78. The Morgan fingerprint density at radius 1 is 1.16 bits per heavy atom. The minimum atomic E-state index is -1.31. The Bertz CT molecular complexity index is 696. The van der Waals surface area contributed by atoms with Crippen molar-refractivity contribution >= 4 is 17.8 Å². The molecule has 1 aliphatic rings. The Balaban J connectivity index is 0.000000277. The van der Waals surface area contributed by atoms with Crippen LogP contribution in [0.15, 0.2) is 30.7 Å². The predicted octanol–water partition coefficient (Wildman–Crippen LogP) is 0.997. The fourth-order valence-electron chi connectivity index (χ4n) is 2.46. The summed E-state index contributed by atoms with van der Waals surface area (Å²) in [5.74, 6) is -2.08. The summed E-state index contributed by atoms with van der Waals surface area (Å²) in [6, 6.07) is 4.31. The van der Waals surface area contributed by atoms with E-state index < -0.39 is 18.4 Å². The minimum absolute atomic E-state index is 0.516. The van der Waals surface area contributed by atoms with Gasteiger partial charge in [-0.05, 0) is 38.1 Å². The van der Waals surface area contributed by atoms with E-state index in [1.165, 1.54) is 0 Å². The Hall–Kier alpha value is -2.94. The Morgan fingerprint density at radius 2 is 1.84 bits per heavy atom. The lowest BCUT2D eigenvalue weighted by atomic mass is 10.1. The molecule has 3 rings (SSSR count). The molecule has 0 unspecified atom stereocenters. The zero-order valence-corrected chi connectivity index (χ0v) is 13.6. The highest BCUT2D eigenvalue weighted by molar-refractivity contribution is 5.88. The van der Waals surface area contributed by atoms with Gasteiger partial charge in [-0.1, -0.05) is 0 Å². The first kappa shape index (κ1) is 18.4. The van der Waals surface area contributed by atoms with Crippen molar-refractivity contribution in [1.82, 2.24) is 20.1 Å². The molecule has 0 saturated carbocycles. The van der Waals surface area contributed by atoms with E-state index in [0.717, 1.165) is 37.1 Å². The smallest absolute Gasteiger partial charge is 0.314 e. The van der Waals surface area contributed by atoms with Gasteiger partial charge >= 0.3 is 11.9 Å². The van der Waals surface area contributed by atoms with Gasteiger partial charge in [0.1, 0.15) is 12.2 Å². The molecular formula is C16H21N5O4. The second-order valence-corrected chi connectivity index (χ2v) is 5.63. The number of nitrogens with two attached hydrogens (primary N) is 1. The largest absolute Gasteiger partial charge is 0.481 e. The Morgan fingerprint density at radius 3 is 2.36 bits per heavy atom. The van der Waals surface area contributed by atoms with Gasteiger partial charge in [0.2, 0.25) is 0 Å². The number of nitrogens with zero attached hydrogens (tertiary/aromatic N) is 3. The summed E-state index contributed by atoms with van der Waals surface area (Å²) in [5.41, 5.74) is 7.75. The zero-order valence-electron chi connectivity index (χ0n) is 13.6. The number of nitrogens with one attached hydrogen (secondary N) is 1. The lowest BCUT2D eigenvalue weighted by molar-refractivity contribution is -0.147. The van der Waals surface area contributed by atoms with E-state index in [1.807, 2.05) is 18.3 Å². The number of hydrogen-bond donors (Lipinski definition) is 4. The van der Waals surface area contributed by atoms with Crippen LogP contribution < -0.4 is 11.1 Å². The van der Waals surface area contributed by atoms with Crippen molar-refractivity contribution in [3.05, 3.63) is 30.7 Å². The number of carboxylic acids is 2. The number of aliphatic carboxylic acids is 2. The highest BCUT2D eigenvalue weighted by Gasteiger charge is 2.15. The van der Waals surface area contributed by atoms with Crippen LogP contribution in [0.1, 0.15) is 25.3 Å². The van der Waals surface area contributed by atoms with Crippen molar-refractivity contribution < 1.29 is 19.8 Å². The van der Waals surface area contributed by atoms with E-state index in [2.05, 4.69) is 26.3 Å². The van der Waals surface area contributed by atoms with Gasteiger partial charge in [-0.15, -0.1) is 0 Å². The number of hydrogen-bond acceptors (Lipinski definition) is 6. The molecule has 0 aliphatic carbocycles. The van der Waals surface area contributed by atoms with Crippen LogP contribution in [0.25, 0.3) is 11.1 Å². The van der Waals surface area contributed by atoms with Gasteiger partial charge in [0.25, 0.3) is 0 Å². The molecule has 9 heteroatoms. The highest BCUT2D eigenvalue weighted by atomic mass is 16.4. The number of carbonyl (C=O) groups is 2. The number of pyridine rings is 1. The first-order chi connectivity index (χ1) is 12.0. The molecule has 3 heterocycles. The summed E-state index contributed by atoms with van der Waals surface area (Å²) in [7, 11) is 0. The number of anilines is 1. The van der Waals surface area contributed by atoms with Gasteiger partial charge in [-0.2, -0.15) is 5.10 Å². The molecule has 1 aliphatic heterocycles. The molecule has 0 aromatic carbocycles. The average molecular weight is 347 g/mol. The van der Waals surface area contributed by atoms with Gasteiger partial charge in [0.15, 0.2) is 0 Å². The normalized spacial score (nSPS) is 14.4. The maximum Gasteiger partial charge on any atom is 0.314 e. The fourth-order valence-corrected chi connectivity index (χ4v) is 2.46. The second-order valence-electron chi connectivity index (χ2n) is 5.63. The highest BCUT2D eigenvalue weighted by Crippen LogP contribution is 2.23. The summed E-state index contributed by atoms with van der Waals surface area (Å²) in [6.45, 7) is 2.15. The van der Waals surface area contributed by atoms with Crippen LogP contribution in [0.5, 0.6) is 0 Å². The average Bonchev–Trinajstić information content (AvgIpc) is 3.06. The van der Waals surface area contributed by atoms with E-state index in [-0.39, 0.29) is 0 Å². The first-order valence-corrected chi connectivity index (χ1v) is 7.86. The zero-order chi connectivity index (χ0) is 18.2. The van der Waals surface area contributed by atoms with Crippen LogP contribution >= 0.6 is 0 Å². The lowest BCUT2D eigenvalue weighted by Gasteiger charge is -2.22. The van der Waals surface area contributed by atoms with E-state index in [9.17, 15) is 9.59 Å². The van der Waals surface area contributed by atoms with Crippen molar-refractivity contribution in [2.45, 2.75) is 25.3 Å². The van der Waals surface area contributed by atoms with E-state index in [1.54, 1.807) is 6.20 Å². The van der Waals surface area contributed by atoms with Gasteiger partial charge < -0.3 is 21.3 Å². The van der Waals surface area contributed by atoms with Crippen molar-refractivity contribution in [3.8, 4) is 11.1 Å². The molecule has 9 nitrogen and oxygen atoms in total. The maximum atomic E-state index is 9.43. The van der Waals surface area contributed by atoms with Crippen LogP contribution in [-0.4, -0.2) is 50.0 Å². The topological polar surface area (TPSA) is 143 Å². The van der Waals surface area contributed by atoms with Crippen molar-refractivity contribution in [3.63, 3.8) is 0 Å². The molecule has 1 saturated heterocycles.